The summed E-state index contributed by atoms with van der Waals surface area (Å²) in [6, 6.07) is 12.6. The van der Waals surface area contributed by atoms with Crippen LogP contribution >= 0.6 is 11.6 Å². The lowest BCUT2D eigenvalue weighted by Gasteiger charge is -2.22. The Morgan fingerprint density at radius 3 is 2.67 bits per heavy atom. The Morgan fingerprint density at radius 2 is 1.86 bits per heavy atom. The van der Waals surface area contributed by atoms with Crippen LogP contribution in [-0.4, -0.2) is 41.0 Å². The molecule has 110 valence electrons. The average Bonchev–Trinajstić information content (AvgIpc) is 2.74. The molecule has 1 aliphatic rings. The molecule has 2 heterocycles. The molecule has 1 aromatic carbocycles. The van der Waals surface area contributed by atoms with Crippen LogP contribution < -0.4 is 4.90 Å². The molecule has 1 fully saturated rings. The highest BCUT2D eigenvalue weighted by atomic mass is 35.5. The van der Waals surface area contributed by atoms with E-state index < -0.39 is 0 Å². The Balaban J connectivity index is 1.62. The first kappa shape index (κ1) is 14.3. The van der Waals surface area contributed by atoms with E-state index in [1.165, 1.54) is 5.56 Å². The normalized spacial score (nSPS) is 16.7. The van der Waals surface area contributed by atoms with Gasteiger partial charge in [-0.15, -0.1) is 0 Å². The van der Waals surface area contributed by atoms with Gasteiger partial charge >= 0.3 is 0 Å². The van der Waals surface area contributed by atoms with E-state index in [1.807, 2.05) is 6.07 Å². The van der Waals surface area contributed by atoms with E-state index in [9.17, 15) is 0 Å². The van der Waals surface area contributed by atoms with Crippen LogP contribution in [0.15, 0.2) is 42.6 Å². The van der Waals surface area contributed by atoms with Gasteiger partial charge in [0.05, 0.1) is 0 Å². The van der Waals surface area contributed by atoms with Crippen LogP contribution in [0.3, 0.4) is 0 Å². The predicted octanol–water partition coefficient (Wildman–Crippen LogP) is 2.84. The van der Waals surface area contributed by atoms with Gasteiger partial charge in [-0.3, -0.25) is 4.90 Å². The maximum atomic E-state index is 5.88. The SMILES string of the molecule is Clc1nccc(N2CCCN(Cc3ccccc3)CC2)n1. The summed E-state index contributed by atoms with van der Waals surface area (Å²) in [5, 5.41) is 0.317. The first-order chi connectivity index (χ1) is 10.3. The molecule has 1 saturated heterocycles. The molecule has 0 atom stereocenters. The minimum absolute atomic E-state index is 0.317. The monoisotopic (exact) mass is 302 g/mol. The number of hydrogen-bond acceptors (Lipinski definition) is 4. The summed E-state index contributed by atoms with van der Waals surface area (Å²) in [5.74, 6) is 0.927. The average molecular weight is 303 g/mol. The molecule has 0 amide bonds. The van der Waals surface area contributed by atoms with Crippen molar-refractivity contribution in [3.63, 3.8) is 0 Å². The van der Waals surface area contributed by atoms with Crippen LogP contribution in [0.2, 0.25) is 5.28 Å². The highest BCUT2D eigenvalue weighted by molar-refractivity contribution is 6.28. The van der Waals surface area contributed by atoms with Crippen LogP contribution in [0.25, 0.3) is 0 Å². The Hall–Kier alpha value is -1.65. The number of anilines is 1. The van der Waals surface area contributed by atoms with E-state index in [1.54, 1.807) is 6.20 Å². The van der Waals surface area contributed by atoms with Crippen LogP contribution in [0.1, 0.15) is 12.0 Å². The van der Waals surface area contributed by atoms with E-state index in [-0.39, 0.29) is 0 Å². The predicted molar refractivity (Wildman–Crippen MR) is 85.6 cm³/mol. The number of hydrogen-bond donors (Lipinski definition) is 0. The van der Waals surface area contributed by atoms with Gasteiger partial charge in [-0.2, -0.15) is 0 Å². The number of benzene rings is 1. The lowest BCUT2D eigenvalue weighted by atomic mass is 10.2. The summed E-state index contributed by atoms with van der Waals surface area (Å²) in [7, 11) is 0. The van der Waals surface area contributed by atoms with Crippen molar-refractivity contribution in [3.8, 4) is 0 Å². The molecule has 3 rings (SSSR count). The van der Waals surface area contributed by atoms with Gasteiger partial charge in [0.1, 0.15) is 5.82 Å². The number of nitrogens with zero attached hydrogens (tertiary/aromatic N) is 4. The third kappa shape index (κ3) is 3.93. The fourth-order valence-corrected chi connectivity index (χ4v) is 2.84. The summed E-state index contributed by atoms with van der Waals surface area (Å²) in [5.41, 5.74) is 1.37. The molecule has 2 aromatic rings. The summed E-state index contributed by atoms with van der Waals surface area (Å²) in [6.45, 7) is 5.15. The topological polar surface area (TPSA) is 32.3 Å². The smallest absolute Gasteiger partial charge is 0.224 e. The second-order valence-corrected chi connectivity index (χ2v) is 5.62. The third-order valence-electron chi connectivity index (χ3n) is 3.77. The van der Waals surface area contributed by atoms with Crippen molar-refractivity contribution in [1.82, 2.24) is 14.9 Å². The van der Waals surface area contributed by atoms with E-state index in [2.05, 4.69) is 50.1 Å². The van der Waals surface area contributed by atoms with Gasteiger partial charge in [0, 0.05) is 38.9 Å². The van der Waals surface area contributed by atoms with Gasteiger partial charge in [0.25, 0.3) is 0 Å². The largest absolute Gasteiger partial charge is 0.355 e. The van der Waals surface area contributed by atoms with Crippen molar-refractivity contribution in [2.45, 2.75) is 13.0 Å². The number of aromatic nitrogens is 2. The van der Waals surface area contributed by atoms with Gasteiger partial charge in [-0.25, -0.2) is 9.97 Å². The third-order valence-corrected chi connectivity index (χ3v) is 3.96. The Bertz CT molecular complexity index is 575. The van der Waals surface area contributed by atoms with Gasteiger partial charge in [-0.1, -0.05) is 30.3 Å². The number of rotatable bonds is 3. The first-order valence-corrected chi connectivity index (χ1v) is 7.69. The molecule has 0 spiro atoms. The molecule has 4 nitrogen and oxygen atoms in total. The molecule has 1 aliphatic heterocycles. The molecule has 0 N–H and O–H groups in total. The van der Waals surface area contributed by atoms with Crippen molar-refractivity contribution in [2.24, 2.45) is 0 Å². The van der Waals surface area contributed by atoms with Crippen LogP contribution in [0, 0.1) is 0 Å². The molecule has 0 saturated carbocycles. The van der Waals surface area contributed by atoms with E-state index in [0.717, 1.165) is 45.0 Å². The molecular weight excluding hydrogens is 284 g/mol. The summed E-state index contributed by atoms with van der Waals surface area (Å²) >= 11 is 5.88. The van der Waals surface area contributed by atoms with Crippen molar-refractivity contribution in [1.29, 1.82) is 0 Å². The Labute approximate surface area is 130 Å². The van der Waals surface area contributed by atoms with Crippen molar-refractivity contribution >= 4 is 17.4 Å². The molecule has 0 unspecified atom stereocenters. The standard InChI is InChI=1S/C16H19ClN4/c17-16-18-8-7-15(19-16)21-10-4-9-20(11-12-21)13-14-5-2-1-3-6-14/h1-3,5-8H,4,9-13H2. The zero-order valence-electron chi connectivity index (χ0n) is 12.0. The highest BCUT2D eigenvalue weighted by Crippen LogP contribution is 2.16. The number of halogens is 1. The minimum atomic E-state index is 0.317. The lowest BCUT2D eigenvalue weighted by molar-refractivity contribution is 0.285. The second-order valence-electron chi connectivity index (χ2n) is 5.29. The summed E-state index contributed by atoms with van der Waals surface area (Å²) in [6.07, 6.45) is 2.85. The Kier molecular flexibility index (Phi) is 4.68. The minimum Gasteiger partial charge on any atom is -0.355 e. The van der Waals surface area contributed by atoms with Crippen LogP contribution in [-0.2, 0) is 6.54 Å². The van der Waals surface area contributed by atoms with Crippen molar-refractivity contribution in [3.05, 3.63) is 53.4 Å². The maximum absolute atomic E-state index is 5.88. The molecule has 0 radical (unpaired) electrons. The van der Waals surface area contributed by atoms with Crippen molar-refractivity contribution in [2.75, 3.05) is 31.1 Å². The summed E-state index contributed by atoms with van der Waals surface area (Å²) in [4.78, 5) is 13.0. The van der Waals surface area contributed by atoms with Gasteiger partial charge in [-0.05, 0) is 29.7 Å². The van der Waals surface area contributed by atoms with Crippen LogP contribution in [0.5, 0.6) is 0 Å². The first-order valence-electron chi connectivity index (χ1n) is 7.31. The molecule has 5 heteroatoms. The van der Waals surface area contributed by atoms with E-state index in [0.29, 0.717) is 5.28 Å². The maximum Gasteiger partial charge on any atom is 0.224 e. The fourth-order valence-electron chi connectivity index (χ4n) is 2.70. The molecule has 1 aromatic heterocycles. The molecular formula is C16H19ClN4. The van der Waals surface area contributed by atoms with Gasteiger partial charge in [0.2, 0.25) is 5.28 Å². The second kappa shape index (κ2) is 6.87. The molecule has 21 heavy (non-hydrogen) atoms. The van der Waals surface area contributed by atoms with Gasteiger partial charge in [0.15, 0.2) is 0 Å². The van der Waals surface area contributed by atoms with Crippen LogP contribution in [0.4, 0.5) is 5.82 Å². The van der Waals surface area contributed by atoms with Crippen molar-refractivity contribution < 1.29 is 0 Å². The zero-order chi connectivity index (χ0) is 14.5. The quantitative estimate of drug-likeness (QED) is 0.816. The van der Waals surface area contributed by atoms with E-state index in [4.69, 9.17) is 11.6 Å². The summed E-state index contributed by atoms with van der Waals surface area (Å²) < 4.78 is 0. The van der Waals surface area contributed by atoms with E-state index >= 15 is 0 Å². The molecule has 0 aliphatic carbocycles. The Morgan fingerprint density at radius 1 is 1.00 bits per heavy atom. The fraction of sp³-hybridized carbons (Fsp3) is 0.375. The molecule has 0 bridgehead atoms. The van der Waals surface area contributed by atoms with Gasteiger partial charge < -0.3 is 4.90 Å². The highest BCUT2D eigenvalue weighted by Gasteiger charge is 2.16. The lowest BCUT2D eigenvalue weighted by Crippen LogP contribution is -2.31. The zero-order valence-corrected chi connectivity index (χ0v) is 12.7.